The van der Waals surface area contributed by atoms with Gasteiger partial charge in [-0.2, -0.15) is 0 Å². The van der Waals surface area contributed by atoms with Crippen molar-refractivity contribution in [1.29, 1.82) is 0 Å². The van der Waals surface area contributed by atoms with Gasteiger partial charge in [-0.1, -0.05) is 28.8 Å². The maximum atomic E-state index is 13.3. The van der Waals surface area contributed by atoms with Crippen LogP contribution in [0.3, 0.4) is 0 Å². The molecule has 1 aliphatic rings. The van der Waals surface area contributed by atoms with Crippen molar-refractivity contribution in [3.8, 4) is 0 Å². The predicted molar refractivity (Wildman–Crippen MR) is 78.7 cm³/mol. The SMILES string of the molecule is Fc1cc([C@H]2CC[C@H](CCCCBr)CC2)cc(F)c1F. The maximum absolute atomic E-state index is 13.3. The molecule has 1 fully saturated rings. The molecular weight excluding hydrogens is 329 g/mol. The van der Waals surface area contributed by atoms with Gasteiger partial charge in [0.2, 0.25) is 0 Å². The van der Waals surface area contributed by atoms with Gasteiger partial charge in [-0.15, -0.1) is 0 Å². The number of unbranched alkanes of at least 4 members (excludes halogenated alkanes) is 1. The summed E-state index contributed by atoms with van der Waals surface area (Å²) in [6, 6.07) is 2.32. The Morgan fingerprint density at radius 1 is 0.950 bits per heavy atom. The van der Waals surface area contributed by atoms with Gasteiger partial charge in [0.1, 0.15) is 0 Å². The first-order valence-electron chi connectivity index (χ1n) is 7.32. The lowest BCUT2D eigenvalue weighted by Gasteiger charge is -2.29. The van der Waals surface area contributed by atoms with Crippen LogP contribution in [0.1, 0.15) is 56.4 Å². The molecule has 0 aromatic heterocycles. The van der Waals surface area contributed by atoms with E-state index in [0.717, 1.165) is 49.1 Å². The molecule has 0 nitrogen and oxygen atoms in total. The molecule has 0 radical (unpaired) electrons. The molecule has 0 bridgehead atoms. The molecule has 1 saturated carbocycles. The van der Waals surface area contributed by atoms with Gasteiger partial charge in [-0.05, 0) is 61.6 Å². The number of alkyl halides is 1. The van der Waals surface area contributed by atoms with Crippen molar-refractivity contribution in [3.05, 3.63) is 35.1 Å². The van der Waals surface area contributed by atoms with Gasteiger partial charge < -0.3 is 0 Å². The van der Waals surface area contributed by atoms with Crippen LogP contribution in [0.15, 0.2) is 12.1 Å². The molecule has 0 atom stereocenters. The van der Waals surface area contributed by atoms with Crippen molar-refractivity contribution in [2.75, 3.05) is 5.33 Å². The molecular formula is C16H20BrF3. The highest BCUT2D eigenvalue weighted by atomic mass is 79.9. The molecule has 2 rings (SSSR count). The van der Waals surface area contributed by atoms with Crippen molar-refractivity contribution in [2.45, 2.75) is 50.9 Å². The molecule has 0 N–H and O–H groups in total. The summed E-state index contributed by atoms with van der Waals surface area (Å²) < 4.78 is 39.5. The minimum absolute atomic E-state index is 0.173. The highest BCUT2D eigenvalue weighted by Gasteiger charge is 2.24. The number of halogens is 4. The Morgan fingerprint density at radius 3 is 2.10 bits per heavy atom. The first-order chi connectivity index (χ1) is 9.61. The summed E-state index contributed by atoms with van der Waals surface area (Å²) in [5, 5.41) is 1.05. The van der Waals surface area contributed by atoms with Crippen LogP contribution < -0.4 is 0 Å². The third kappa shape index (κ3) is 4.00. The molecule has 0 saturated heterocycles. The summed E-state index contributed by atoms with van der Waals surface area (Å²) in [5.74, 6) is -2.59. The Bertz CT molecular complexity index is 416. The number of rotatable bonds is 5. The Morgan fingerprint density at radius 2 is 1.55 bits per heavy atom. The topological polar surface area (TPSA) is 0 Å². The zero-order valence-electron chi connectivity index (χ0n) is 11.5. The normalized spacial score (nSPS) is 23.0. The second kappa shape index (κ2) is 7.48. The van der Waals surface area contributed by atoms with Crippen LogP contribution in [-0.2, 0) is 0 Å². The Kier molecular flexibility index (Phi) is 5.94. The summed E-state index contributed by atoms with van der Waals surface area (Å²) in [5.41, 5.74) is 0.611. The van der Waals surface area contributed by atoms with Crippen molar-refractivity contribution >= 4 is 15.9 Å². The van der Waals surface area contributed by atoms with Crippen molar-refractivity contribution in [1.82, 2.24) is 0 Å². The summed E-state index contributed by atoms with van der Waals surface area (Å²) in [6.45, 7) is 0. The monoisotopic (exact) mass is 348 g/mol. The minimum atomic E-state index is -1.36. The van der Waals surface area contributed by atoms with Crippen molar-refractivity contribution in [3.63, 3.8) is 0 Å². The molecule has 0 spiro atoms. The largest absolute Gasteiger partial charge is 0.204 e. The average molecular weight is 349 g/mol. The van der Waals surface area contributed by atoms with E-state index in [9.17, 15) is 13.2 Å². The molecule has 112 valence electrons. The molecule has 1 aromatic carbocycles. The second-order valence-electron chi connectivity index (χ2n) is 5.70. The average Bonchev–Trinajstić information content (AvgIpc) is 2.45. The van der Waals surface area contributed by atoms with Gasteiger partial charge in [0.05, 0.1) is 0 Å². The molecule has 0 unspecified atom stereocenters. The van der Waals surface area contributed by atoms with Gasteiger partial charge in [-0.25, -0.2) is 13.2 Å². The Hall–Kier alpha value is -0.510. The van der Waals surface area contributed by atoms with Crippen LogP contribution in [0, 0.1) is 23.4 Å². The van der Waals surface area contributed by atoms with Crippen molar-refractivity contribution < 1.29 is 13.2 Å². The lowest BCUT2D eigenvalue weighted by molar-refractivity contribution is 0.303. The lowest BCUT2D eigenvalue weighted by atomic mass is 9.77. The fraction of sp³-hybridized carbons (Fsp3) is 0.625. The summed E-state index contributed by atoms with van der Waals surface area (Å²) in [6.07, 6.45) is 7.78. The standard InChI is InChI=1S/C16H20BrF3/c17-8-2-1-3-11-4-6-12(7-5-11)13-9-14(18)16(20)15(19)10-13/h9-12H,1-8H2/t11-,12-. The molecule has 1 aliphatic carbocycles. The van der Waals surface area contributed by atoms with Gasteiger partial charge in [0.25, 0.3) is 0 Å². The lowest BCUT2D eigenvalue weighted by Crippen LogP contribution is -2.14. The highest BCUT2D eigenvalue weighted by Crippen LogP contribution is 2.38. The summed E-state index contributed by atoms with van der Waals surface area (Å²) in [7, 11) is 0. The molecule has 4 heteroatoms. The first kappa shape index (κ1) is 15.9. The van der Waals surface area contributed by atoms with Crippen LogP contribution in [0.2, 0.25) is 0 Å². The third-order valence-corrected chi connectivity index (χ3v) is 4.88. The van der Waals surface area contributed by atoms with E-state index in [2.05, 4.69) is 15.9 Å². The number of hydrogen-bond donors (Lipinski definition) is 0. The minimum Gasteiger partial charge on any atom is -0.204 e. The summed E-state index contributed by atoms with van der Waals surface area (Å²) in [4.78, 5) is 0. The van der Waals surface area contributed by atoms with E-state index in [1.54, 1.807) is 0 Å². The molecule has 0 amide bonds. The number of benzene rings is 1. The zero-order valence-corrected chi connectivity index (χ0v) is 13.1. The van der Waals surface area contributed by atoms with E-state index in [1.807, 2.05) is 0 Å². The van der Waals surface area contributed by atoms with Crippen LogP contribution >= 0.6 is 15.9 Å². The smallest absolute Gasteiger partial charge is 0.194 e. The van der Waals surface area contributed by atoms with Gasteiger partial charge in [0.15, 0.2) is 17.5 Å². The van der Waals surface area contributed by atoms with Crippen molar-refractivity contribution in [2.24, 2.45) is 5.92 Å². The van der Waals surface area contributed by atoms with Crippen LogP contribution in [0.4, 0.5) is 13.2 Å². The Labute approximate surface area is 126 Å². The maximum Gasteiger partial charge on any atom is 0.194 e. The zero-order chi connectivity index (χ0) is 14.5. The highest BCUT2D eigenvalue weighted by molar-refractivity contribution is 9.09. The Balaban J connectivity index is 1.90. The van der Waals surface area contributed by atoms with E-state index in [4.69, 9.17) is 0 Å². The van der Waals surface area contributed by atoms with Gasteiger partial charge in [-0.3, -0.25) is 0 Å². The quantitative estimate of drug-likeness (QED) is 0.350. The number of hydrogen-bond acceptors (Lipinski definition) is 0. The first-order valence-corrected chi connectivity index (χ1v) is 8.44. The van der Waals surface area contributed by atoms with Gasteiger partial charge in [0, 0.05) is 5.33 Å². The van der Waals surface area contributed by atoms with E-state index in [0.29, 0.717) is 5.56 Å². The second-order valence-corrected chi connectivity index (χ2v) is 6.49. The van der Waals surface area contributed by atoms with E-state index in [1.165, 1.54) is 19.3 Å². The van der Waals surface area contributed by atoms with E-state index < -0.39 is 17.5 Å². The van der Waals surface area contributed by atoms with E-state index in [-0.39, 0.29) is 5.92 Å². The van der Waals surface area contributed by atoms with E-state index >= 15 is 0 Å². The van der Waals surface area contributed by atoms with Crippen LogP contribution in [0.5, 0.6) is 0 Å². The molecule has 20 heavy (non-hydrogen) atoms. The molecule has 0 heterocycles. The molecule has 1 aromatic rings. The molecule has 0 aliphatic heterocycles. The predicted octanol–water partition coefficient (Wildman–Crippen LogP) is 5.94. The fourth-order valence-electron chi connectivity index (χ4n) is 3.12. The summed E-state index contributed by atoms with van der Waals surface area (Å²) >= 11 is 3.43. The fourth-order valence-corrected chi connectivity index (χ4v) is 3.52. The van der Waals surface area contributed by atoms with Crippen LogP contribution in [0.25, 0.3) is 0 Å². The van der Waals surface area contributed by atoms with Gasteiger partial charge >= 0.3 is 0 Å². The van der Waals surface area contributed by atoms with Crippen LogP contribution in [-0.4, -0.2) is 5.33 Å². The third-order valence-electron chi connectivity index (χ3n) is 4.32.